The van der Waals surface area contributed by atoms with Crippen LogP contribution < -0.4 is 9.47 Å². The molecule has 1 aromatic rings. The number of esters is 1. The molecular weight excluding hydrogens is 482 g/mol. The molecule has 0 spiro atoms. The van der Waals surface area contributed by atoms with E-state index in [1.54, 1.807) is 0 Å². The van der Waals surface area contributed by atoms with Crippen molar-refractivity contribution in [3.63, 3.8) is 0 Å². The first-order valence-electron chi connectivity index (χ1n) is 16.2. The maximum absolute atomic E-state index is 13.3. The van der Waals surface area contributed by atoms with Crippen LogP contribution >= 0.6 is 0 Å². The fraction of sp³-hybridized carbons (Fsp3) is 0.743. The van der Waals surface area contributed by atoms with E-state index >= 15 is 0 Å². The van der Waals surface area contributed by atoms with E-state index in [9.17, 15) is 4.79 Å². The third-order valence-electron chi connectivity index (χ3n) is 9.71. The molecule has 0 saturated carbocycles. The molecule has 218 valence electrons. The molecule has 39 heavy (non-hydrogen) atoms. The van der Waals surface area contributed by atoms with Gasteiger partial charge in [0, 0.05) is 6.42 Å². The predicted octanol–water partition coefficient (Wildman–Crippen LogP) is 9.31. The Kier molecular flexibility index (Phi) is 10.6. The molecular formula is C35H55NO3. The van der Waals surface area contributed by atoms with E-state index in [2.05, 4.69) is 58.6 Å². The van der Waals surface area contributed by atoms with Crippen molar-refractivity contribution < 1.29 is 14.3 Å². The second kappa shape index (κ2) is 13.7. The highest BCUT2D eigenvalue weighted by molar-refractivity contribution is 5.84. The van der Waals surface area contributed by atoms with Crippen LogP contribution in [0.1, 0.15) is 142 Å². The van der Waals surface area contributed by atoms with Gasteiger partial charge in [0.15, 0.2) is 0 Å². The number of carbonyl (C=O) groups excluding carboxylic acids is 1. The van der Waals surface area contributed by atoms with Crippen LogP contribution in [0.25, 0.3) is 5.57 Å². The fourth-order valence-electron chi connectivity index (χ4n) is 6.98. The highest BCUT2D eigenvalue weighted by atomic mass is 16.5. The van der Waals surface area contributed by atoms with Gasteiger partial charge in [0.05, 0.1) is 5.56 Å². The monoisotopic (exact) mass is 537 g/mol. The number of nitrogens with zero attached hydrogens (tertiary/aromatic N) is 1. The number of fused-ring (bicyclic) bond motifs is 2. The van der Waals surface area contributed by atoms with Gasteiger partial charge in [-0.1, -0.05) is 66.2 Å². The van der Waals surface area contributed by atoms with Crippen molar-refractivity contribution in [1.82, 2.24) is 4.90 Å². The summed E-state index contributed by atoms with van der Waals surface area (Å²) < 4.78 is 13.0. The van der Waals surface area contributed by atoms with Crippen molar-refractivity contribution >= 4 is 11.5 Å². The average molecular weight is 538 g/mol. The third-order valence-corrected chi connectivity index (χ3v) is 9.71. The van der Waals surface area contributed by atoms with Gasteiger partial charge >= 0.3 is 5.97 Å². The van der Waals surface area contributed by atoms with Crippen LogP contribution in [-0.2, 0) is 4.79 Å². The van der Waals surface area contributed by atoms with E-state index in [0.717, 1.165) is 42.9 Å². The van der Waals surface area contributed by atoms with Gasteiger partial charge in [-0.2, -0.15) is 0 Å². The zero-order valence-electron chi connectivity index (χ0n) is 25.9. The lowest BCUT2D eigenvalue weighted by atomic mass is 9.74. The van der Waals surface area contributed by atoms with Gasteiger partial charge in [-0.25, -0.2) is 0 Å². The van der Waals surface area contributed by atoms with Gasteiger partial charge in [-0.15, -0.1) is 0 Å². The highest BCUT2D eigenvalue weighted by Crippen LogP contribution is 2.52. The SMILES string of the molecule is CCCCC[C@@H](C)[C@H](C)c1cc(OC(=O)CCCN2CCCCCC2)c2c(c1)OC(C)(C)C1=C2C[C@@H](C)CC1. The maximum Gasteiger partial charge on any atom is 0.311 e. The normalized spacial score (nSPS) is 22.8. The summed E-state index contributed by atoms with van der Waals surface area (Å²) in [6.07, 6.45) is 14.9. The second-order valence-electron chi connectivity index (χ2n) is 13.4. The van der Waals surface area contributed by atoms with E-state index in [4.69, 9.17) is 9.47 Å². The molecule has 0 bridgehead atoms. The topological polar surface area (TPSA) is 38.8 Å². The van der Waals surface area contributed by atoms with Crippen LogP contribution in [0, 0.1) is 11.8 Å². The zero-order valence-corrected chi connectivity index (χ0v) is 25.9. The number of hydrogen-bond acceptors (Lipinski definition) is 4. The molecule has 3 atom stereocenters. The molecule has 4 heteroatoms. The Hall–Kier alpha value is -1.81. The number of ether oxygens (including phenoxy) is 2. The Balaban J connectivity index is 1.58. The molecule has 1 aromatic carbocycles. The molecule has 1 fully saturated rings. The van der Waals surface area contributed by atoms with Gasteiger partial charge in [0.2, 0.25) is 0 Å². The van der Waals surface area contributed by atoms with Crippen molar-refractivity contribution in [3.05, 3.63) is 28.8 Å². The Labute approximate surface area is 238 Å². The maximum atomic E-state index is 13.3. The summed E-state index contributed by atoms with van der Waals surface area (Å²) >= 11 is 0. The summed E-state index contributed by atoms with van der Waals surface area (Å²) in [6, 6.07) is 4.44. The average Bonchev–Trinajstić information content (AvgIpc) is 3.16. The minimum absolute atomic E-state index is 0.108. The molecule has 0 unspecified atom stereocenters. The molecule has 3 aliphatic rings. The number of allylic oxidation sites excluding steroid dienone is 1. The molecule has 2 heterocycles. The van der Waals surface area contributed by atoms with Crippen molar-refractivity contribution in [2.24, 2.45) is 11.8 Å². The fourth-order valence-corrected chi connectivity index (χ4v) is 6.98. The smallest absolute Gasteiger partial charge is 0.311 e. The van der Waals surface area contributed by atoms with Gasteiger partial charge in [-0.3, -0.25) is 4.79 Å². The predicted molar refractivity (Wildman–Crippen MR) is 163 cm³/mol. The van der Waals surface area contributed by atoms with Crippen LogP contribution in [0.5, 0.6) is 11.5 Å². The van der Waals surface area contributed by atoms with Crippen LogP contribution in [-0.4, -0.2) is 36.1 Å². The van der Waals surface area contributed by atoms with Gasteiger partial charge in [0.1, 0.15) is 17.1 Å². The molecule has 2 aliphatic heterocycles. The third kappa shape index (κ3) is 7.69. The Morgan fingerprint density at radius 3 is 2.56 bits per heavy atom. The van der Waals surface area contributed by atoms with E-state index < -0.39 is 0 Å². The lowest BCUT2D eigenvalue weighted by Gasteiger charge is -2.41. The molecule has 0 N–H and O–H groups in total. The van der Waals surface area contributed by atoms with E-state index in [1.165, 1.54) is 87.6 Å². The van der Waals surface area contributed by atoms with E-state index in [1.807, 2.05) is 0 Å². The zero-order chi connectivity index (χ0) is 28.0. The van der Waals surface area contributed by atoms with Crippen LogP contribution in [0.15, 0.2) is 17.7 Å². The number of hydrogen-bond donors (Lipinski definition) is 0. The summed E-state index contributed by atoms with van der Waals surface area (Å²) in [5.41, 5.74) is 4.70. The number of benzene rings is 1. The first kappa shape index (κ1) is 30.2. The molecule has 0 aromatic heterocycles. The van der Waals surface area contributed by atoms with Crippen molar-refractivity contribution in [2.75, 3.05) is 19.6 Å². The van der Waals surface area contributed by atoms with E-state index in [-0.39, 0.29) is 11.6 Å². The van der Waals surface area contributed by atoms with Crippen LogP contribution in [0.3, 0.4) is 0 Å². The van der Waals surface area contributed by atoms with Gasteiger partial charge in [0.25, 0.3) is 0 Å². The molecule has 4 nitrogen and oxygen atoms in total. The highest BCUT2D eigenvalue weighted by Gasteiger charge is 2.39. The summed E-state index contributed by atoms with van der Waals surface area (Å²) in [5.74, 6) is 3.09. The molecule has 4 rings (SSSR count). The van der Waals surface area contributed by atoms with Crippen LogP contribution in [0.4, 0.5) is 0 Å². The van der Waals surface area contributed by atoms with Gasteiger partial charge < -0.3 is 14.4 Å². The van der Waals surface area contributed by atoms with Crippen LogP contribution in [0.2, 0.25) is 0 Å². The Morgan fingerprint density at radius 2 is 1.85 bits per heavy atom. The van der Waals surface area contributed by atoms with E-state index in [0.29, 0.717) is 24.2 Å². The molecule has 0 amide bonds. The Bertz CT molecular complexity index is 1000. The van der Waals surface area contributed by atoms with Gasteiger partial charge in [-0.05, 0) is 119 Å². The first-order chi connectivity index (χ1) is 18.7. The quantitative estimate of drug-likeness (QED) is 0.160. The summed E-state index contributed by atoms with van der Waals surface area (Å²) in [5, 5.41) is 0. The summed E-state index contributed by atoms with van der Waals surface area (Å²) in [6.45, 7) is 17.0. The molecule has 1 saturated heterocycles. The molecule has 1 aliphatic carbocycles. The number of carbonyl (C=O) groups is 1. The minimum atomic E-state index is -0.328. The Morgan fingerprint density at radius 1 is 1.10 bits per heavy atom. The summed E-state index contributed by atoms with van der Waals surface area (Å²) in [7, 11) is 0. The lowest BCUT2D eigenvalue weighted by Crippen LogP contribution is -2.37. The van der Waals surface area contributed by atoms with Crippen molar-refractivity contribution in [3.8, 4) is 11.5 Å². The number of likely N-dealkylation sites (tertiary alicyclic amines) is 1. The minimum Gasteiger partial charge on any atom is -0.483 e. The standard InChI is InChI=1S/C35H55NO3/c1-7-8-11-15-26(3)27(4)28-23-31(38-33(37)16-14-21-36-19-12-9-10-13-20-36)34-29-22-25(2)17-18-30(29)35(5,6)39-32(34)24-28/h23-27H,7-22H2,1-6H3/t25-,26+,27-/m0/s1. The lowest BCUT2D eigenvalue weighted by molar-refractivity contribution is -0.134. The second-order valence-corrected chi connectivity index (χ2v) is 13.4. The molecule has 0 radical (unpaired) electrons. The number of unbranched alkanes of at least 4 members (excludes halogenated alkanes) is 2. The first-order valence-corrected chi connectivity index (χ1v) is 16.2. The summed E-state index contributed by atoms with van der Waals surface area (Å²) in [4.78, 5) is 15.8. The van der Waals surface area contributed by atoms with Crippen molar-refractivity contribution in [1.29, 1.82) is 0 Å². The van der Waals surface area contributed by atoms with Crippen molar-refractivity contribution in [2.45, 2.75) is 137 Å². The number of rotatable bonds is 11. The largest absolute Gasteiger partial charge is 0.483 e.